The molecule has 1 saturated heterocycles. The Morgan fingerprint density at radius 3 is 2.48 bits per heavy atom. The highest BCUT2D eigenvalue weighted by Gasteiger charge is 2.24. The molecular weight excluding hydrogens is 416 g/mol. The zero-order valence-corrected chi connectivity index (χ0v) is 16.0. The predicted octanol–water partition coefficient (Wildman–Crippen LogP) is 4.00. The van der Waals surface area contributed by atoms with E-state index >= 15 is 0 Å². The first-order valence-electron chi connectivity index (χ1n) is 8.45. The number of nitro groups is 1. The van der Waals surface area contributed by atoms with E-state index in [4.69, 9.17) is 4.74 Å². The molecule has 0 saturated carbocycles. The summed E-state index contributed by atoms with van der Waals surface area (Å²) in [6.07, 6.45) is 1.98. The molecule has 0 radical (unpaired) electrons. The Labute approximate surface area is 164 Å². The van der Waals surface area contributed by atoms with Gasteiger partial charge in [0.15, 0.2) is 6.61 Å². The van der Waals surface area contributed by atoms with E-state index in [0.29, 0.717) is 15.7 Å². The molecule has 0 atom stereocenters. The first-order valence-corrected chi connectivity index (χ1v) is 9.25. The Hall–Kier alpha value is -2.74. The number of Topliss-reactive ketones (excluding diaryl/α,β-unsaturated/α-hetero) is 1. The average Bonchev–Trinajstić information content (AvgIpc) is 3.20. The number of nitrogens with zero attached hydrogens (tertiary/aromatic N) is 2. The van der Waals surface area contributed by atoms with Crippen LogP contribution in [0.15, 0.2) is 46.9 Å². The summed E-state index contributed by atoms with van der Waals surface area (Å²) in [5.74, 6) is -1.11. The number of halogens is 1. The molecule has 7 nitrogen and oxygen atoms in total. The van der Waals surface area contributed by atoms with Gasteiger partial charge in [-0.1, -0.05) is 34.1 Å². The number of esters is 1. The van der Waals surface area contributed by atoms with Gasteiger partial charge in [0.05, 0.1) is 16.2 Å². The second-order valence-corrected chi connectivity index (χ2v) is 6.99. The van der Waals surface area contributed by atoms with Crippen LogP contribution in [0.2, 0.25) is 0 Å². The fraction of sp³-hybridized carbons (Fsp3) is 0.263. The Bertz CT molecular complexity index is 893. The van der Waals surface area contributed by atoms with E-state index in [0.717, 1.165) is 25.9 Å². The molecule has 8 heteroatoms. The highest BCUT2D eigenvalue weighted by Crippen LogP contribution is 2.29. The molecule has 1 aliphatic rings. The van der Waals surface area contributed by atoms with Gasteiger partial charge in [0, 0.05) is 35.3 Å². The van der Waals surface area contributed by atoms with Crippen LogP contribution in [-0.2, 0) is 4.74 Å². The molecular formula is C19H17BrN2O5. The number of carbonyl (C=O) groups excluding carboxylic acids is 2. The van der Waals surface area contributed by atoms with Gasteiger partial charge in [-0.25, -0.2) is 4.79 Å². The monoisotopic (exact) mass is 432 g/mol. The lowest BCUT2D eigenvalue weighted by Gasteiger charge is -2.20. The van der Waals surface area contributed by atoms with Crippen LogP contribution >= 0.6 is 15.9 Å². The minimum atomic E-state index is -0.749. The average molecular weight is 433 g/mol. The van der Waals surface area contributed by atoms with Gasteiger partial charge in [0.25, 0.3) is 5.69 Å². The molecule has 0 N–H and O–H groups in total. The van der Waals surface area contributed by atoms with Gasteiger partial charge >= 0.3 is 5.97 Å². The molecule has 0 aliphatic carbocycles. The number of ether oxygens (including phenoxy) is 1. The predicted molar refractivity (Wildman–Crippen MR) is 103 cm³/mol. The van der Waals surface area contributed by atoms with E-state index in [1.165, 1.54) is 12.1 Å². The van der Waals surface area contributed by atoms with Gasteiger partial charge in [0.2, 0.25) is 5.78 Å². The summed E-state index contributed by atoms with van der Waals surface area (Å²) in [5, 5.41) is 11.1. The Morgan fingerprint density at radius 1 is 1.11 bits per heavy atom. The van der Waals surface area contributed by atoms with Crippen LogP contribution in [0.5, 0.6) is 0 Å². The normalized spacial score (nSPS) is 13.4. The number of carbonyl (C=O) groups is 2. The van der Waals surface area contributed by atoms with Gasteiger partial charge in [-0.05, 0) is 25.0 Å². The minimum absolute atomic E-state index is 0.103. The second-order valence-electron chi connectivity index (χ2n) is 6.13. The molecule has 0 bridgehead atoms. The van der Waals surface area contributed by atoms with Crippen LogP contribution in [0.25, 0.3) is 0 Å². The number of benzene rings is 2. The molecule has 1 heterocycles. The lowest BCUT2D eigenvalue weighted by molar-refractivity contribution is -0.384. The van der Waals surface area contributed by atoms with E-state index in [1.807, 2.05) is 4.90 Å². The van der Waals surface area contributed by atoms with E-state index in [-0.39, 0.29) is 17.0 Å². The topological polar surface area (TPSA) is 89.8 Å². The fourth-order valence-electron chi connectivity index (χ4n) is 3.01. The van der Waals surface area contributed by atoms with Crippen molar-refractivity contribution in [2.45, 2.75) is 12.8 Å². The number of nitro benzene ring substituents is 1. The molecule has 27 heavy (non-hydrogen) atoms. The van der Waals surface area contributed by atoms with Crippen LogP contribution in [0, 0.1) is 10.1 Å². The molecule has 0 unspecified atom stereocenters. The smallest absolute Gasteiger partial charge is 0.340 e. The van der Waals surface area contributed by atoms with Crippen LogP contribution in [-0.4, -0.2) is 36.4 Å². The lowest BCUT2D eigenvalue weighted by Crippen LogP contribution is -2.22. The molecule has 2 aromatic rings. The zero-order valence-electron chi connectivity index (χ0n) is 14.4. The number of ketones is 1. The van der Waals surface area contributed by atoms with Crippen molar-refractivity contribution >= 4 is 39.1 Å². The lowest BCUT2D eigenvalue weighted by atomic mass is 10.1. The van der Waals surface area contributed by atoms with Crippen molar-refractivity contribution in [3.63, 3.8) is 0 Å². The van der Waals surface area contributed by atoms with Gasteiger partial charge in [-0.2, -0.15) is 0 Å². The quantitative estimate of drug-likeness (QED) is 0.296. The van der Waals surface area contributed by atoms with E-state index < -0.39 is 17.5 Å². The first kappa shape index (κ1) is 19.0. The standard InChI is InChI=1S/C19H17BrN2O5/c20-16-6-2-1-5-14(16)18(23)12-27-19(24)15-11-13(22(25)26)7-8-17(15)21-9-3-4-10-21/h1-2,5-8,11H,3-4,9-10,12H2. The largest absolute Gasteiger partial charge is 0.454 e. The van der Waals surface area contributed by atoms with Gasteiger partial charge < -0.3 is 9.64 Å². The summed E-state index contributed by atoms with van der Waals surface area (Å²) in [4.78, 5) is 37.4. The fourth-order valence-corrected chi connectivity index (χ4v) is 3.51. The molecule has 1 fully saturated rings. The number of hydrogen-bond acceptors (Lipinski definition) is 6. The number of hydrogen-bond donors (Lipinski definition) is 0. The van der Waals surface area contributed by atoms with Gasteiger partial charge in [-0.3, -0.25) is 14.9 Å². The Kier molecular flexibility index (Phi) is 5.85. The van der Waals surface area contributed by atoms with E-state index in [2.05, 4.69) is 15.9 Å². The third-order valence-corrected chi connectivity index (χ3v) is 5.06. The summed E-state index contributed by atoms with van der Waals surface area (Å²) >= 11 is 3.29. The SMILES string of the molecule is O=C(COC(=O)c1cc([N+](=O)[O-])ccc1N1CCCC1)c1ccccc1Br. The third kappa shape index (κ3) is 4.33. The van der Waals surface area contributed by atoms with E-state index in [9.17, 15) is 19.7 Å². The molecule has 0 spiro atoms. The number of non-ortho nitro benzene ring substituents is 1. The Morgan fingerprint density at radius 2 is 1.81 bits per heavy atom. The maximum absolute atomic E-state index is 12.6. The first-order chi connectivity index (χ1) is 13.0. The summed E-state index contributed by atoms with van der Waals surface area (Å²) in [7, 11) is 0. The van der Waals surface area contributed by atoms with Crippen LogP contribution < -0.4 is 4.90 Å². The summed E-state index contributed by atoms with van der Waals surface area (Å²) < 4.78 is 5.79. The van der Waals surface area contributed by atoms with Gasteiger partial charge in [0.1, 0.15) is 0 Å². The number of rotatable bonds is 6. The summed E-state index contributed by atoms with van der Waals surface area (Å²) in [6, 6.07) is 11.0. The molecule has 0 amide bonds. The maximum Gasteiger partial charge on any atom is 0.340 e. The van der Waals surface area contributed by atoms with Crippen LogP contribution in [0.3, 0.4) is 0 Å². The summed E-state index contributed by atoms with van der Waals surface area (Å²) in [5.41, 5.74) is 0.911. The van der Waals surface area contributed by atoms with Crippen molar-refractivity contribution in [3.05, 3.63) is 68.2 Å². The molecule has 140 valence electrons. The highest BCUT2D eigenvalue weighted by atomic mass is 79.9. The van der Waals surface area contributed by atoms with Gasteiger partial charge in [-0.15, -0.1) is 0 Å². The number of anilines is 1. The van der Waals surface area contributed by atoms with Crippen molar-refractivity contribution in [3.8, 4) is 0 Å². The van der Waals surface area contributed by atoms with E-state index in [1.54, 1.807) is 30.3 Å². The molecule has 1 aliphatic heterocycles. The van der Waals surface area contributed by atoms with Crippen molar-refractivity contribution in [2.75, 3.05) is 24.6 Å². The Balaban J connectivity index is 1.80. The minimum Gasteiger partial charge on any atom is -0.454 e. The van der Waals surface area contributed by atoms with Crippen LogP contribution in [0.1, 0.15) is 33.6 Å². The molecule has 3 rings (SSSR count). The molecule has 2 aromatic carbocycles. The van der Waals surface area contributed by atoms with Crippen molar-refractivity contribution in [1.82, 2.24) is 0 Å². The zero-order chi connectivity index (χ0) is 19.4. The highest BCUT2D eigenvalue weighted by molar-refractivity contribution is 9.10. The van der Waals surface area contributed by atoms with Crippen molar-refractivity contribution in [2.24, 2.45) is 0 Å². The maximum atomic E-state index is 12.6. The second kappa shape index (κ2) is 8.30. The molecule has 0 aromatic heterocycles. The van der Waals surface area contributed by atoms with Crippen LogP contribution in [0.4, 0.5) is 11.4 Å². The van der Waals surface area contributed by atoms with Crippen molar-refractivity contribution in [1.29, 1.82) is 0 Å². The third-order valence-electron chi connectivity index (χ3n) is 4.37. The van der Waals surface area contributed by atoms with Crippen molar-refractivity contribution < 1.29 is 19.2 Å². The summed E-state index contributed by atoms with van der Waals surface area (Å²) in [6.45, 7) is 1.10.